The van der Waals surface area contributed by atoms with Gasteiger partial charge in [-0.15, -0.1) is 0 Å². The fourth-order valence-electron chi connectivity index (χ4n) is 4.37. The Kier molecular flexibility index (Phi) is 8.32. The molecule has 0 radical (unpaired) electrons. The molecule has 10 heteroatoms. The smallest absolute Gasteiger partial charge is 0.243 e. The standard InChI is InChI=1S/C23H30Cl2N2O4S2/c1-15-4-6-17(7-5-15)33(30,31)27-10-8-16(9-11-27)19(14-23(2,3)32(26)29)18-12-20(24)21(25)13-22(18)28/h4-7,12-13,16,19,28H,8-11,14,26H2,1-3H3. The SMILES string of the molecule is Cc1ccc(S(=O)(=O)N2CCC(C(CC(C)(C)[S+](N)[O-])c3cc(Cl)c(Cl)cc3O)CC2)cc1. The second-order valence-corrected chi connectivity index (χ2v) is 13.7. The number of aromatic hydroxyl groups is 1. The van der Waals surface area contributed by atoms with Gasteiger partial charge in [0.1, 0.15) is 10.5 Å². The molecule has 33 heavy (non-hydrogen) atoms. The summed E-state index contributed by atoms with van der Waals surface area (Å²) < 4.78 is 39.2. The molecule has 0 bridgehead atoms. The quantitative estimate of drug-likeness (QED) is 0.488. The van der Waals surface area contributed by atoms with Crippen molar-refractivity contribution in [3.63, 3.8) is 0 Å². The van der Waals surface area contributed by atoms with Crippen molar-refractivity contribution in [1.82, 2.24) is 4.31 Å². The second kappa shape index (κ2) is 10.3. The first-order valence-electron chi connectivity index (χ1n) is 10.7. The van der Waals surface area contributed by atoms with Crippen LogP contribution in [-0.2, 0) is 21.4 Å². The maximum absolute atomic E-state index is 13.1. The third-order valence-electron chi connectivity index (χ3n) is 6.45. The minimum absolute atomic E-state index is 0.0164. The molecule has 1 fully saturated rings. The highest BCUT2D eigenvalue weighted by atomic mass is 35.5. The molecular weight excluding hydrogens is 503 g/mol. The molecule has 0 aromatic heterocycles. The van der Waals surface area contributed by atoms with Crippen molar-refractivity contribution in [2.75, 3.05) is 13.1 Å². The van der Waals surface area contributed by atoms with E-state index in [1.807, 2.05) is 20.8 Å². The number of phenolic OH excluding ortho intramolecular Hbond substituents is 1. The minimum Gasteiger partial charge on any atom is -0.598 e. The largest absolute Gasteiger partial charge is 0.598 e. The highest BCUT2D eigenvalue weighted by molar-refractivity contribution is 7.90. The molecule has 1 heterocycles. The van der Waals surface area contributed by atoms with E-state index >= 15 is 0 Å². The van der Waals surface area contributed by atoms with Crippen LogP contribution in [0.5, 0.6) is 5.75 Å². The van der Waals surface area contributed by atoms with Crippen molar-refractivity contribution in [1.29, 1.82) is 0 Å². The van der Waals surface area contributed by atoms with Gasteiger partial charge in [0, 0.05) is 36.9 Å². The van der Waals surface area contributed by atoms with Gasteiger partial charge in [-0.25, -0.2) is 8.42 Å². The van der Waals surface area contributed by atoms with E-state index in [0.717, 1.165) is 5.56 Å². The molecule has 6 nitrogen and oxygen atoms in total. The number of piperidine rings is 1. The Morgan fingerprint density at radius 2 is 1.73 bits per heavy atom. The van der Waals surface area contributed by atoms with Gasteiger partial charge in [0.25, 0.3) is 0 Å². The molecule has 2 aromatic rings. The molecule has 3 N–H and O–H groups in total. The molecule has 3 rings (SSSR count). The summed E-state index contributed by atoms with van der Waals surface area (Å²) in [6, 6.07) is 9.90. The summed E-state index contributed by atoms with van der Waals surface area (Å²) in [4.78, 5) is 0.282. The first-order chi connectivity index (χ1) is 15.3. The molecule has 1 aliphatic rings. The third kappa shape index (κ3) is 5.99. The van der Waals surface area contributed by atoms with Crippen molar-refractivity contribution >= 4 is 44.6 Å². The lowest BCUT2D eigenvalue weighted by Crippen LogP contribution is -2.43. The van der Waals surface area contributed by atoms with Crippen LogP contribution in [0.3, 0.4) is 0 Å². The molecule has 2 aromatic carbocycles. The molecular formula is C23H30Cl2N2O4S2. The Morgan fingerprint density at radius 3 is 2.27 bits per heavy atom. The Morgan fingerprint density at radius 1 is 1.18 bits per heavy atom. The van der Waals surface area contributed by atoms with Gasteiger partial charge in [-0.3, -0.25) is 0 Å². The molecule has 0 amide bonds. The summed E-state index contributed by atoms with van der Waals surface area (Å²) in [5, 5.41) is 17.0. The Bertz CT molecular complexity index is 1080. The van der Waals surface area contributed by atoms with Crippen LogP contribution in [0.1, 0.15) is 50.2 Å². The number of aryl methyl sites for hydroxylation is 1. The van der Waals surface area contributed by atoms with Crippen molar-refractivity contribution in [2.24, 2.45) is 11.1 Å². The van der Waals surface area contributed by atoms with Crippen LogP contribution in [0.2, 0.25) is 10.0 Å². The first kappa shape index (κ1) is 26.6. The van der Waals surface area contributed by atoms with E-state index < -0.39 is 26.1 Å². The summed E-state index contributed by atoms with van der Waals surface area (Å²) in [7, 11) is -3.58. The van der Waals surface area contributed by atoms with E-state index in [0.29, 0.717) is 42.9 Å². The molecule has 2 atom stereocenters. The maximum atomic E-state index is 13.1. The number of hydrogen-bond donors (Lipinski definition) is 2. The van der Waals surface area contributed by atoms with E-state index in [9.17, 15) is 18.1 Å². The van der Waals surface area contributed by atoms with Gasteiger partial charge < -0.3 is 9.66 Å². The van der Waals surface area contributed by atoms with Crippen LogP contribution in [-0.4, -0.2) is 40.2 Å². The van der Waals surface area contributed by atoms with Crippen LogP contribution in [0.15, 0.2) is 41.3 Å². The van der Waals surface area contributed by atoms with E-state index in [1.165, 1.54) is 10.4 Å². The first-order valence-corrected chi connectivity index (χ1v) is 14.1. The molecule has 182 valence electrons. The fraction of sp³-hybridized carbons (Fsp3) is 0.478. The molecule has 0 aliphatic carbocycles. The predicted octanol–water partition coefficient (Wildman–Crippen LogP) is 4.98. The average Bonchev–Trinajstić information content (AvgIpc) is 2.75. The van der Waals surface area contributed by atoms with Crippen LogP contribution < -0.4 is 5.14 Å². The lowest BCUT2D eigenvalue weighted by molar-refractivity contribution is 0.228. The van der Waals surface area contributed by atoms with Gasteiger partial charge in [-0.1, -0.05) is 40.9 Å². The Balaban J connectivity index is 1.86. The number of rotatable bonds is 7. The van der Waals surface area contributed by atoms with Crippen LogP contribution in [0, 0.1) is 12.8 Å². The summed E-state index contributed by atoms with van der Waals surface area (Å²) in [6.07, 6.45) is 1.61. The number of phenols is 1. The van der Waals surface area contributed by atoms with E-state index in [1.54, 1.807) is 30.3 Å². The second-order valence-electron chi connectivity index (χ2n) is 9.25. The highest BCUT2D eigenvalue weighted by Gasteiger charge is 2.40. The molecule has 0 spiro atoms. The number of hydrogen-bond acceptors (Lipinski definition) is 5. The van der Waals surface area contributed by atoms with E-state index in [-0.39, 0.29) is 27.5 Å². The van der Waals surface area contributed by atoms with Gasteiger partial charge in [-0.2, -0.15) is 9.44 Å². The number of halogens is 2. The lowest BCUT2D eigenvalue weighted by Gasteiger charge is -2.38. The number of nitrogens with zero attached hydrogens (tertiary/aromatic N) is 1. The van der Waals surface area contributed by atoms with Gasteiger partial charge in [-0.05, 0) is 69.2 Å². The van der Waals surface area contributed by atoms with Gasteiger partial charge in [0.2, 0.25) is 10.0 Å². The van der Waals surface area contributed by atoms with Gasteiger partial charge in [0.15, 0.2) is 0 Å². The maximum Gasteiger partial charge on any atom is 0.243 e. The predicted molar refractivity (Wildman–Crippen MR) is 135 cm³/mol. The monoisotopic (exact) mass is 532 g/mol. The summed E-state index contributed by atoms with van der Waals surface area (Å²) in [5.41, 5.74) is 1.61. The molecule has 1 aliphatic heterocycles. The van der Waals surface area contributed by atoms with Crippen LogP contribution in [0.4, 0.5) is 0 Å². The fourth-order valence-corrected chi connectivity index (χ4v) is 6.51. The zero-order valence-corrected chi connectivity index (χ0v) is 22.1. The highest BCUT2D eigenvalue weighted by Crippen LogP contribution is 2.45. The zero-order chi connectivity index (χ0) is 24.6. The Hall–Kier alpha value is -1.00. The van der Waals surface area contributed by atoms with Crippen molar-refractivity contribution in [2.45, 2.75) is 55.6 Å². The number of sulfonamides is 1. The Labute approximate surface area is 209 Å². The van der Waals surface area contributed by atoms with Crippen molar-refractivity contribution in [3.8, 4) is 5.75 Å². The number of benzene rings is 2. The third-order valence-corrected chi connectivity index (χ3v) is 10.3. The van der Waals surface area contributed by atoms with Gasteiger partial charge >= 0.3 is 0 Å². The van der Waals surface area contributed by atoms with E-state index in [2.05, 4.69) is 0 Å². The summed E-state index contributed by atoms with van der Waals surface area (Å²) >= 11 is 10.7. The lowest BCUT2D eigenvalue weighted by atomic mass is 9.75. The summed E-state index contributed by atoms with van der Waals surface area (Å²) in [6.45, 7) is 6.26. The molecule has 0 saturated carbocycles. The summed E-state index contributed by atoms with van der Waals surface area (Å²) in [5.74, 6) is -0.158. The zero-order valence-electron chi connectivity index (χ0n) is 18.9. The molecule has 1 saturated heterocycles. The van der Waals surface area contributed by atoms with Crippen molar-refractivity contribution in [3.05, 3.63) is 57.6 Å². The van der Waals surface area contributed by atoms with Crippen LogP contribution >= 0.6 is 23.2 Å². The van der Waals surface area contributed by atoms with E-state index in [4.69, 9.17) is 28.3 Å². The molecule has 2 unspecified atom stereocenters. The van der Waals surface area contributed by atoms with Crippen LogP contribution in [0.25, 0.3) is 0 Å². The van der Waals surface area contributed by atoms with Crippen molar-refractivity contribution < 1.29 is 18.1 Å². The minimum atomic E-state index is -3.58. The van der Waals surface area contributed by atoms with Gasteiger partial charge in [0.05, 0.1) is 14.9 Å². The average molecular weight is 534 g/mol. The number of nitrogens with two attached hydrogens (primary N) is 1. The normalized spacial score (nSPS) is 18.3. The topological polar surface area (TPSA) is 107 Å².